The lowest BCUT2D eigenvalue weighted by Crippen LogP contribution is -2.13. The molecular formula is C13H16ClN5O3S. The predicted molar refractivity (Wildman–Crippen MR) is 89.8 cm³/mol. The van der Waals surface area contributed by atoms with Crippen LogP contribution in [0.2, 0.25) is 5.02 Å². The van der Waals surface area contributed by atoms with Crippen LogP contribution >= 0.6 is 11.6 Å². The van der Waals surface area contributed by atoms with Crippen molar-refractivity contribution < 1.29 is 13.2 Å². The first-order valence-electron chi connectivity index (χ1n) is 6.36. The lowest BCUT2D eigenvalue weighted by atomic mass is 10.2. The first-order chi connectivity index (χ1) is 10.7. The van der Waals surface area contributed by atoms with Crippen LogP contribution in [0.15, 0.2) is 29.2 Å². The number of rotatable bonds is 5. The molecule has 23 heavy (non-hydrogen) atoms. The van der Waals surface area contributed by atoms with Gasteiger partial charge < -0.3 is 21.6 Å². The summed E-state index contributed by atoms with van der Waals surface area (Å²) in [5.74, 6) is 5.85. The van der Waals surface area contributed by atoms with Gasteiger partial charge in [0.25, 0.3) is 0 Å². The number of aromatic nitrogens is 1. The third-order valence-electron chi connectivity index (χ3n) is 2.99. The maximum Gasteiger partial charge on any atom is 0.175 e. The van der Waals surface area contributed by atoms with Gasteiger partial charge in [-0.1, -0.05) is 17.7 Å². The van der Waals surface area contributed by atoms with Gasteiger partial charge in [0.2, 0.25) is 0 Å². The Hall–Kier alpha value is -2.23. The molecule has 0 fully saturated rings. The molecule has 0 aliphatic carbocycles. The SMILES string of the molecule is CS(=O)(=O)c1cc(Cl)ccc1COc1cc(N)nc(NN)c1N. The topological polar surface area (TPSA) is 146 Å². The molecule has 8 nitrogen and oxygen atoms in total. The Bertz CT molecular complexity index is 842. The number of hydrazine groups is 1. The van der Waals surface area contributed by atoms with Crippen LogP contribution in [-0.4, -0.2) is 19.7 Å². The molecule has 0 radical (unpaired) electrons. The second kappa shape index (κ2) is 6.49. The quantitative estimate of drug-likeness (QED) is 0.460. The Morgan fingerprint density at radius 3 is 2.61 bits per heavy atom. The number of nitrogens with two attached hydrogens (primary N) is 3. The number of nitrogens with zero attached hydrogens (tertiary/aromatic N) is 1. The lowest BCUT2D eigenvalue weighted by Gasteiger charge is -2.14. The van der Waals surface area contributed by atoms with E-state index in [-0.39, 0.29) is 34.6 Å². The van der Waals surface area contributed by atoms with E-state index in [4.69, 9.17) is 33.6 Å². The number of sulfone groups is 1. The van der Waals surface area contributed by atoms with Gasteiger partial charge in [0.1, 0.15) is 23.9 Å². The summed E-state index contributed by atoms with van der Waals surface area (Å²) < 4.78 is 29.3. The fourth-order valence-corrected chi connectivity index (χ4v) is 3.11. The third-order valence-corrected chi connectivity index (χ3v) is 4.40. The van der Waals surface area contributed by atoms with Crippen LogP contribution in [0, 0.1) is 0 Å². The Morgan fingerprint density at radius 1 is 1.30 bits per heavy atom. The molecule has 124 valence electrons. The first-order valence-corrected chi connectivity index (χ1v) is 8.63. The van der Waals surface area contributed by atoms with Crippen molar-refractivity contribution in [2.24, 2.45) is 5.84 Å². The van der Waals surface area contributed by atoms with Crippen LogP contribution in [0.4, 0.5) is 17.3 Å². The van der Waals surface area contributed by atoms with E-state index in [0.717, 1.165) is 6.26 Å². The highest BCUT2D eigenvalue weighted by molar-refractivity contribution is 7.90. The van der Waals surface area contributed by atoms with Crippen LogP contribution in [0.25, 0.3) is 0 Å². The number of nitrogen functional groups attached to an aromatic ring is 3. The molecule has 0 aliphatic heterocycles. The normalized spacial score (nSPS) is 11.3. The Balaban J connectivity index is 2.34. The van der Waals surface area contributed by atoms with Gasteiger partial charge in [-0.3, -0.25) is 0 Å². The molecule has 0 bridgehead atoms. The zero-order chi connectivity index (χ0) is 17.2. The molecule has 0 aliphatic rings. The van der Waals surface area contributed by atoms with Crippen LogP contribution in [0.1, 0.15) is 5.56 Å². The first kappa shape index (κ1) is 17.1. The van der Waals surface area contributed by atoms with Crippen LogP contribution in [0.5, 0.6) is 5.75 Å². The fourth-order valence-electron chi connectivity index (χ4n) is 1.93. The molecule has 7 N–H and O–H groups in total. The largest absolute Gasteiger partial charge is 0.486 e. The van der Waals surface area contributed by atoms with Gasteiger partial charge in [-0.2, -0.15) is 0 Å². The van der Waals surface area contributed by atoms with Gasteiger partial charge in [0.05, 0.1) is 4.90 Å². The third kappa shape index (κ3) is 3.95. The molecular weight excluding hydrogens is 342 g/mol. The number of halogens is 1. The van der Waals surface area contributed by atoms with Crippen LogP contribution in [0.3, 0.4) is 0 Å². The monoisotopic (exact) mass is 357 g/mol. The van der Waals surface area contributed by atoms with Crippen molar-refractivity contribution in [2.75, 3.05) is 23.1 Å². The molecule has 10 heteroatoms. The van der Waals surface area contributed by atoms with Crippen molar-refractivity contribution >= 4 is 38.8 Å². The summed E-state index contributed by atoms with van der Waals surface area (Å²) in [5, 5.41) is 0.316. The number of anilines is 3. The number of hydrogen-bond acceptors (Lipinski definition) is 8. The van der Waals surface area contributed by atoms with Crippen molar-refractivity contribution in [1.29, 1.82) is 0 Å². The summed E-state index contributed by atoms with van der Waals surface area (Å²) in [6.07, 6.45) is 1.09. The summed E-state index contributed by atoms with van der Waals surface area (Å²) in [6, 6.07) is 5.94. The Labute approximate surface area is 138 Å². The molecule has 2 rings (SSSR count). The zero-order valence-electron chi connectivity index (χ0n) is 12.2. The summed E-state index contributed by atoms with van der Waals surface area (Å²) >= 11 is 5.85. The summed E-state index contributed by atoms with van der Waals surface area (Å²) in [5.41, 5.74) is 14.4. The highest BCUT2D eigenvalue weighted by Gasteiger charge is 2.16. The average molecular weight is 358 g/mol. The molecule has 0 saturated heterocycles. The van der Waals surface area contributed by atoms with E-state index in [9.17, 15) is 8.42 Å². The van der Waals surface area contributed by atoms with Gasteiger partial charge in [-0.15, -0.1) is 0 Å². The molecule has 0 saturated carbocycles. The number of pyridine rings is 1. The Morgan fingerprint density at radius 2 is 2.00 bits per heavy atom. The van der Waals surface area contributed by atoms with Crippen molar-refractivity contribution in [3.05, 3.63) is 34.9 Å². The lowest BCUT2D eigenvalue weighted by molar-refractivity contribution is 0.304. The van der Waals surface area contributed by atoms with Gasteiger partial charge in [-0.05, 0) is 12.1 Å². The maximum absolute atomic E-state index is 11.8. The number of ether oxygens (including phenoxy) is 1. The number of nitrogens with one attached hydrogen (secondary N) is 1. The molecule has 1 aromatic heterocycles. The van der Waals surface area contributed by atoms with Crippen molar-refractivity contribution in [3.63, 3.8) is 0 Å². The van der Waals surface area contributed by atoms with Crippen molar-refractivity contribution in [2.45, 2.75) is 11.5 Å². The predicted octanol–water partition coefficient (Wildman–Crippen LogP) is 1.17. The van der Waals surface area contributed by atoms with E-state index in [0.29, 0.717) is 10.6 Å². The standard InChI is InChI=1S/C13H16ClN5O3S/c1-23(20,21)10-4-8(14)3-2-7(10)6-22-9-5-11(15)18-13(19-17)12(9)16/h2-5H,6,16-17H2,1H3,(H3,15,18,19). The molecule has 0 spiro atoms. The van der Waals surface area contributed by atoms with Gasteiger partial charge in [-0.25, -0.2) is 19.2 Å². The minimum absolute atomic E-state index is 0.0444. The maximum atomic E-state index is 11.8. The van der Waals surface area contributed by atoms with E-state index in [2.05, 4.69) is 10.4 Å². The van der Waals surface area contributed by atoms with Crippen LogP contribution < -0.4 is 27.5 Å². The second-order valence-electron chi connectivity index (χ2n) is 4.76. The summed E-state index contributed by atoms with van der Waals surface area (Å²) in [6.45, 7) is -0.0444. The minimum Gasteiger partial charge on any atom is -0.486 e. The molecule has 0 amide bonds. The molecule has 0 atom stereocenters. The van der Waals surface area contributed by atoms with Crippen molar-refractivity contribution in [3.8, 4) is 5.75 Å². The zero-order valence-corrected chi connectivity index (χ0v) is 13.8. The number of hydrogen-bond donors (Lipinski definition) is 4. The van der Waals surface area contributed by atoms with E-state index in [1.807, 2.05) is 0 Å². The molecule has 0 unspecified atom stereocenters. The summed E-state index contributed by atoms with van der Waals surface area (Å²) in [4.78, 5) is 3.98. The highest BCUT2D eigenvalue weighted by Crippen LogP contribution is 2.31. The smallest absolute Gasteiger partial charge is 0.175 e. The van der Waals surface area contributed by atoms with E-state index >= 15 is 0 Å². The van der Waals surface area contributed by atoms with Gasteiger partial charge in [0, 0.05) is 22.9 Å². The van der Waals surface area contributed by atoms with E-state index < -0.39 is 9.84 Å². The number of benzene rings is 1. The average Bonchev–Trinajstić information content (AvgIpc) is 2.47. The second-order valence-corrected chi connectivity index (χ2v) is 7.19. The van der Waals surface area contributed by atoms with Crippen LogP contribution in [-0.2, 0) is 16.4 Å². The molecule has 2 aromatic rings. The summed E-state index contributed by atoms with van der Waals surface area (Å²) in [7, 11) is -3.46. The van der Waals surface area contributed by atoms with Gasteiger partial charge >= 0.3 is 0 Å². The molecule has 1 heterocycles. The minimum atomic E-state index is -3.46. The highest BCUT2D eigenvalue weighted by atomic mass is 35.5. The Kier molecular flexibility index (Phi) is 4.83. The van der Waals surface area contributed by atoms with E-state index in [1.54, 1.807) is 12.1 Å². The molecule has 1 aromatic carbocycles. The fraction of sp³-hybridized carbons (Fsp3) is 0.154. The van der Waals surface area contributed by atoms with Gasteiger partial charge in [0.15, 0.2) is 15.7 Å². The van der Waals surface area contributed by atoms with Crippen molar-refractivity contribution in [1.82, 2.24) is 4.98 Å². The van der Waals surface area contributed by atoms with E-state index in [1.165, 1.54) is 12.1 Å².